The van der Waals surface area contributed by atoms with Gasteiger partial charge in [-0.1, -0.05) is 6.07 Å². The van der Waals surface area contributed by atoms with E-state index in [-0.39, 0.29) is 18.4 Å². The highest BCUT2D eigenvalue weighted by atomic mass is 16.5. The Morgan fingerprint density at radius 1 is 1.35 bits per heavy atom. The number of hydrogen-bond donors (Lipinski definition) is 3. The van der Waals surface area contributed by atoms with E-state index in [2.05, 4.69) is 12.2 Å². The average Bonchev–Trinajstić information content (AvgIpc) is 2.35. The topological polar surface area (TPSA) is 61.7 Å². The van der Waals surface area contributed by atoms with E-state index in [9.17, 15) is 5.11 Å². The van der Waals surface area contributed by atoms with Crippen LogP contribution in [0.2, 0.25) is 0 Å². The van der Waals surface area contributed by atoms with Crippen molar-refractivity contribution in [3.8, 4) is 11.5 Å². The van der Waals surface area contributed by atoms with Crippen molar-refractivity contribution >= 4 is 0 Å². The molecular weight excluding hydrogens is 218 g/mol. The summed E-state index contributed by atoms with van der Waals surface area (Å²) >= 11 is 0. The molecule has 96 valence electrons. The smallest absolute Gasteiger partial charge is 0.160 e. The molecule has 1 aromatic carbocycles. The lowest BCUT2D eigenvalue weighted by molar-refractivity contribution is 0.283. The van der Waals surface area contributed by atoms with E-state index in [1.165, 1.54) is 7.11 Å². The van der Waals surface area contributed by atoms with Crippen molar-refractivity contribution in [2.45, 2.75) is 25.8 Å². The van der Waals surface area contributed by atoms with Crippen LogP contribution < -0.4 is 10.1 Å². The first-order valence-electron chi connectivity index (χ1n) is 5.90. The summed E-state index contributed by atoms with van der Waals surface area (Å²) < 4.78 is 5.07. The van der Waals surface area contributed by atoms with Crippen LogP contribution in [0.3, 0.4) is 0 Å². The third kappa shape index (κ3) is 4.24. The van der Waals surface area contributed by atoms with Crippen LogP contribution in [0.15, 0.2) is 18.2 Å². The molecule has 0 aromatic heterocycles. The second-order valence-electron chi connectivity index (χ2n) is 4.04. The van der Waals surface area contributed by atoms with Gasteiger partial charge in [0, 0.05) is 12.6 Å². The number of aliphatic hydroxyl groups excluding tert-OH is 1. The van der Waals surface area contributed by atoms with Crippen LogP contribution in [0.1, 0.15) is 31.4 Å². The summed E-state index contributed by atoms with van der Waals surface area (Å²) in [6.07, 6.45) is 1.77. The first kappa shape index (κ1) is 13.8. The lowest BCUT2D eigenvalue weighted by Gasteiger charge is -2.15. The van der Waals surface area contributed by atoms with Gasteiger partial charge in [-0.25, -0.2) is 0 Å². The summed E-state index contributed by atoms with van der Waals surface area (Å²) in [5.41, 5.74) is 1.07. The van der Waals surface area contributed by atoms with Gasteiger partial charge in [0.1, 0.15) is 0 Å². The number of benzene rings is 1. The molecular formula is C13H21NO3. The number of methoxy groups -OCH3 is 1. The number of rotatable bonds is 7. The molecule has 0 radical (unpaired) electrons. The Morgan fingerprint density at radius 2 is 2.12 bits per heavy atom. The first-order valence-corrected chi connectivity index (χ1v) is 5.90. The third-order valence-corrected chi connectivity index (χ3v) is 2.74. The van der Waals surface area contributed by atoms with E-state index in [1.54, 1.807) is 6.07 Å². The van der Waals surface area contributed by atoms with Crippen LogP contribution in [0.4, 0.5) is 0 Å². The highest BCUT2D eigenvalue weighted by Gasteiger charge is 2.08. The van der Waals surface area contributed by atoms with Crippen LogP contribution in [-0.2, 0) is 0 Å². The SMILES string of the molecule is COc1cc(C(C)NCCCCO)ccc1O. The Balaban J connectivity index is 2.53. The summed E-state index contributed by atoms with van der Waals surface area (Å²) in [5, 5.41) is 21.5. The summed E-state index contributed by atoms with van der Waals surface area (Å²) in [4.78, 5) is 0. The molecule has 17 heavy (non-hydrogen) atoms. The van der Waals surface area contributed by atoms with Crippen molar-refractivity contribution in [3.05, 3.63) is 23.8 Å². The zero-order chi connectivity index (χ0) is 12.7. The molecule has 0 aliphatic carbocycles. The van der Waals surface area contributed by atoms with Crippen LogP contribution in [-0.4, -0.2) is 30.5 Å². The van der Waals surface area contributed by atoms with Gasteiger partial charge in [-0.2, -0.15) is 0 Å². The summed E-state index contributed by atoms with van der Waals surface area (Å²) in [5.74, 6) is 0.648. The lowest BCUT2D eigenvalue weighted by Crippen LogP contribution is -2.20. The Hall–Kier alpha value is -1.26. The number of aromatic hydroxyl groups is 1. The van der Waals surface area contributed by atoms with E-state index in [0.29, 0.717) is 5.75 Å². The van der Waals surface area contributed by atoms with Crippen LogP contribution in [0, 0.1) is 0 Å². The minimum absolute atomic E-state index is 0.156. The number of unbranched alkanes of at least 4 members (excludes halogenated alkanes) is 1. The standard InChI is InChI=1S/C13H21NO3/c1-10(14-7-3-4-8-15)11-5-6-12(16)13(9-11)17-2/h5-6,9-10,14-16H,3-4,7-8H2,1-2H3. The van der Waals surface area contributed by atoms with Gasteiger partial charge in [0.15, 0.2) is 11.5 Å². The highest BCUT2D eigenvalue weighted by molar-refractivity contribution is 5.42. The summed E-state index contributed by atoms with van der Waals surface area (Å²) in [7, 11) is 1.54. The number of nitrogens with one attached hydrogen (secondary N) is 1. The van der Waals surface area contributed by atoms with Gasteiger partial charge in [-0.15, -0.1) is 0 Å². The Labute approximate surface area is 102 Å². The monoisotopic (exact) mass is 239 g/mol. The van der Waals surface area contributed by atoms with Crippen LogP contribution >= 0.6 is 0 Å². The molecule has 0 aliphatic heterocycles. The van der Waals surface area contributed by atoms with E-state index < -0.39 is 0 Å². The van der Waals surface area contributed by atoms with Crippen molar-refractivity contribution in [1.29, 1.82) is 0 Å². The van der Waals surface area contributed by atoms with Crippen molar-refractivity contribution in [3.63, 3.8) is 0 Å². The molecule has 0 saturated heterocycles. The van der Waals surface area contributed by atoms with E-state index in [4.69, 9.17) is 9.84 Å². The minimum Gasteiger partial charge on any atom is -0.504 e. The van der Waals surface area contributed by atoms with Gasteiger partial charge >= 0.3 is 0 Å². The molecule has 0 saturated carbocycles. The van der Waals surface area contributed by atoms with Gasteiger partial charge in [0.25, 0.3) is 0 Å². The molecule has 0 fully saturated rings. The Kier molecular flexibility index (Phi) is 5.80. The largest absolute Gasteiger partial charge is 0.504 e. The quantitative estimate of drug-likeness (QED) is 0.635. The van der Waals surface area contributed by atoms with Crippen LogP contribution in [0.5, 0.6) is 11.5 Å². The maximum absolute atomic E-state index is 9.49. The molecule has 0 heterocycles. The fraction of sp³-hybridized carbons (Fsp3) is 0.538. The zero-order valence-corrected chi connectivity index (χ0v) is 10.4. The van der Waals surface area contributed by atoms with Gasteiger partial charge < -0.3 is 20.3 Å². The fourth-order valence-corrected chi connectivity index (χ4v) is 1.64. The Morgan fingerprint density at radius 3 is 2.76 bits per heavy atom. The number of aliphatic hydroxyl groups is 1. The highest BCUT2D eigenvalue weighted by Crippen LogP contribution is 2.28. The number of hydrogen-bond acceptors (Lipinski definition) is 4. The average molecular weight is 239 g/mol. The van der Waals surface area contributed by atoms with Gasteiger partial charge in [0.2, 0.25) is 0 Å². The molecule has 4 heteroatoms. The molecule has 0 aliphatic rings. The second-order valence-corrected chi connectivity index (χ2v) is 4.04. The number of ether oxygens (including phenoxy) is 1. The molecule has 0 spiro atoms. The minimum atomic E-state index is 0.156. The normalized spacial score (nSPS) is 12.4. The van der Waals surface area contributed by atoms with Gasteiger partial charge in [-0.05, 0) is 44.0 Å². The molecule has 4 nitrogen and oxygen atoms in total. The number of phenols is 1. The zero-order valence-electron chi connectivity index (χ0n) is 10.4. The van der Waals surface area contributed by atoms with E-state index in [0.717, 1.165) is 24.9 Å². The molecule has 3 N–H and O–H groups in total. The number of phenolic OH excluding ortho intramolecular Hbond substituents is 1. The molecule has 1 atom stereocenters. The molecule has 1 unspecified atom stereocenters. The lowest BCUT2D eigenvalue weighted by atomic mass is 10.1. The van der Waals surface area contributed by atoms with Crippen LogP contribution in [0.25, 0.3) is 0 Å². The predicted molar refractivity (Wildman–Crippen MR) is 67.4 cm³/mol. The molecule has 0 bridgehead atoms. The Bertz CT molecular complexity index is 341. The van der Waals surface area contributed by atoms with Crippen molar-refractivity contribution in [2.24, 2.45) is 0 Å². The van der Waals surface area contributed by atoms with Crippen molar-refractivity contribution in [1.82, 2.24) is 5.32 Å². The van der Waals surface area contributed by atoms with E-state index >= 15 is 0 Å². The molecule has 1 aromatic rings. The molecule has 1 rings (SSSR count). The van der Waals surface area contributed by atoms with E-state index in [1.807, 2.05) is 12.1 Å². The first-order chi connectivity index (χ1) is 8.19. The third-order valence-electron chi connectivity index (χ3n) is 2.74. The molecule has 0 amide bonds. The maximum atomic E-state index is 9.49. The van der Waals surface area contributed by atoms with Gasteiger partial charge in [-0.3, -0.25) is 0 Å². The van der Waals surface area contributed by atoms with Gasteiger partial charge in [0.05, 0.1) is 7.11 Å². The van der Waals surface area contributed by atoms with Crippen molar-refractivity contribution in [2.75, 3.05) is 20.3 Å². The summed E-state index contributed by atoms with van der Waals surface area (Å²) in [6, 6.07) is 5.55. The fourth-order valence-electron chi connectivity index (χ4n) is 1.64. The maximum Gasteiger partial charge on any atom is 0.160 e. The van der Waals surface area contributed by atoms with Crippen molar-refractivity contribution < 1.29 is 14.9 Å². The second kappa shape index (κ2) is 7.14. The predicted octanol–water partition coefficient (Wildman–Crippen LogP) is 1.82. The summed E-state index contributed by atoms with van der Waals surface area (Å²) in [6.45, 7) is 3.17.